The van der Waals surface area contributed by atoms with Crippen LogP contribution in [-0.2, 0) is 4.79 Å². The van der Waals surface area contributed by atoms with Gasteiger partial charge in [0.2, 0.25) is 0 Å². The molecule has 2 aromatic carbocycles. The van der Waals surface area contributed by atoms with Gasteiger partial charge >= 0.3 is 0 Å². The first-order chi connectivity index (χ1) is 11.1. The fraction of sp³-hybridized carbons (Fsp3) is 0.316. The highest BCUT2D eigenvalue weighted by Crippen LogP contribution is 2.21. The molecular weight excluding hydrogens is 290 g/mol. The number of methoxy groups -OCH3 is 1. The Balaban J connectivity index is 2.00. The average Bonchev–Trinajstić information content (AvgIpc) is 2.60. The van der Waals surface area contributed by atoms with Gasteiger partial charge in [-0.05, 0) is 31.0 Å². The third kappa shape index (κ3) is 4.74. The van der Waals surface area contributed by atoms with Gasteiger partial charge in [-0.3, -0.25) is 4.79 Å². The van der Waals surface area contributed by atoms with E-state index in [-0.39, 0.29) is 11.9 Å². The van der Waals surface area contributed by atoms with Crippen molar-refractivity contribution in [2.75, 3.05) is 7.11 Å². The molecule has 2 atom stereocenters. The largest absolute Gasteiger partial charge is 0.497 e. The molecule has 2 aromatic rings. The van der Waals surface area contributed by atoms with Crippen LogP contribution in [0.2, 0.25) is 0 Å². The zero-order valence-electron chi connectivity index (χ0n) is 13.8. The minimum absolute atomic E-state index is 0.0633. The predicted molar refractivity (Wildman–Crippen MR) is 90.7 cm³/mol. The maximum absolute atomic E-state index is 12.4. The summed E-state index contributed by atoms with van der Waals surface area (Å²) < 4.78 is 11.0. The molecule has 1 N–H and O–H groups in total. The Morgan fingerprint density at radius 3 is 2.43 bits per heavy atom. The van der Waals surface area contributed by atoms with Gasteiger partial charge in [-0.2, -0.15) is 0 Å². The predicted octanol–water partition coefficient (Wildman–Crippen LogP) is 3.73. The molecule has 2 rings (SSSR count). The number of amides is 1. The van der Waals surface area contributed by atoms with E-state index in [9.17, 15) is 4.79 Å². The van der Waals surface area contributed by atoms with Crippen molar-refractivity contribution in [3.05, 3.63) is 60.2 Å². The summed E-state index contributed by atoms with van der Waals surface area (Å²) in [4.78, 5) is 12.4. The van der Waals surface area contributed by atoms with E-state index in [1.807, 2.05) is 62.4 Å². The third-order valence-corrected chi connectivity index (χ3v) is 3.64. The van der Waals surface area contributed by atoms with Crippen molar-refractivity contribution in [2.24, 2.45) is 0 Å². The molecule has 0 saturated heterocycles. The first-order valence-corrected chi connectivity index (χ1v) is 7.80. The number of carbonyl (C=O) groups excluding carboxylic acids is 1. The van der Waals surface area contributed by atoms with Gasteiger partial charge < -0.3 is 14.8 Å². The second kappa shape index (κ2) is 8.22. The van der Waals surface area contributed by atoms with E-state index >= 15 is 0 Å². The Bertz CT molecular complexity index is 628. The Labute approximate surface area is 137 Å². The van der Waals surface area contributed by atoms with Crippen molar-refractivity contribution < 1.29 is 14.3 Å². The van der Waals surface area contributed by atoms with Crippen molar-refractivity contribution >= 4 is 5.91 Å². The van der Waals surface area contributed by atoms with Gasteiger partial charge in [0.15, 0.2) is 6.10 Å². The lowest BCUT2D eigenvalue weighted by molar-refractivity contribution is -0.128. The fourth-order valence-electron chi connectivity index (χ4n) is 2.29. The molecule has 0 bridgehead atoms. The van der Waals surface area contributed by atoms with E-state index in [0.29, 0.717) is 17.9 Å². The second-order valence-corrected chi connectivity index (χ2v) is 5.33. The van der Waals surface area contributed by atoms with Gasteiger partial charge in [-0.15, -0.1) is 0 Å². The maximum Gasteiger partial charge on any atom is 0.261 e. The average molecular weight is 313 g/mol. The van der Waals surface area contributed by atoms with E-state index in [0.717, 1.165) is 5.56 Å². The lowest BCUT2D eigenvalue weighted by Crippen LogP contribution is -2.39. The number of ether oxygens (including phenoxy) is 2. The van der Waals surface area contributed by atoms with Gasteiger partial charge in [0.25, 0.3) is 5.91 Å². The van der Waals surface area contributed by atoms with Crippen LogP contribution in [0.15, 0.2) is 54.6 Å². The highest BCUT2D eigenvalue weighted by Gasteiger charge is 2.20. The molecule has 0 fully saturated rings. The molecule has 0 aromatic heterocycles. The summed E-state index contributed by atoms with van der Waals surface area (Å²) in [5, 5.41) is 3.00. The normalized spacial score (nSPS) is 13.0. The Hall–Kier alpha value is -2.49. The first-order valence-electron chi connectivity index (χ1n) is 7.80. The summed E-state index contributed by atoms with van der Waals surface area (Å²) in [5.74, 6) is 1.21. The molecule has 23 heavy (non-hydrogen) atoms. The monoisotopic (exact) mass is 313 g/mol. The highest BCUT2D eigenvalue weighted by molar-refractivity contribution is 5.81. The molecule has 0 aliphatic carbocycles. The molecule has 0 spiro atoms. The second-order valence-electron chi connectivity index (χ2n) is 5.33. The van der Waals surface area contributed by atoms with E-state index in [4.69, 9.17) is 9.47 Å². The Morgan fingerprint density at radius 1 is 1.09 bits per heavy atom. The van der Waals surface area contributed by atoms with Crippen LogP contribution < -0.4 is 14.8 Å². The number of rotatable bonds is 7. The van der Waals surface area contributed by atoms with Crippen LogP contribution >= 0.6 is 0 Å². The van der Waals surface area contributed by atoms with Crippen LogP contribution in [0.25, 0.3) is 0 Å². The van der Waals surface area contributed by atoms with Crippen molar-refractivity contribution in [3.8, 4) is 11.5 Å². The molecule has 0 radical (unpaired) electrons. The summed E-state index contributed by atoms with van der Waals surface area (Å²) in [5.41, 5.74) is 1.07. The summed E-state index contributed by atoms with van der Waals surface area (Å²) in [6.45, 7) is 3.89. The van der Waals surface area contributed by atoms with Gasteiger partial charge in [0.1, 0.15) is 11.5 Å². The minimum atomic E-state index is -0.534. The van der Waals surface area contributed by atoms with E-state index < -0.39 is 6.10 Å². The van der Waals surface area contributed by atoms with Crippen molar-refractivity contribution in [1.82, 2.24) is 5.32 Å². The molecule has 4 nitrogen and oxygen atoms in total. The van der Waals surface area contributed by atoms with E-state index in [1.165, 1.54) is 0 Å². The van der Waals surface area contributed by atoms with Crippen molar-refractivity contribution in [3.63, 3.8) is 0 Å². The van der Waals surface area contributed by atoms with Gasteiger partial charge in [-0.1, -0.05) is 43.3 Å². The molecule has 0 saturated carbocycles. The molecule has 0 heterocycles. The molecule has 0 aliphatic rings. The Morgan fingerprint density at radius 2 is 1.78 bits per heavy atom. The lowest BCUT2D eigenvalue weighted by Gasteiger charge is -2.21. The molecular formula is C19H23NO3. The standard InChI is InChI=1S/C19H23NO3/c1-4-18(23-17-12-8-11-16(13-17)22-3)19(21)20-14(2)15-9-6-5-7-10-15/h5-14,18H,4H2,1-3H3,(H,20,21)/t14-,18+/m1/s1. The number of carbonyl (C=O) groups is 1. The lowest BCUT2D eigenvalue weighted by atomic mass is 10.1. The molecule has 0 unspecified atom stereocenters. The number of nitrogens with one attached hydrogen (secondary N) is 1. The molecule has 1 amide bonds. The van der Waals surface area contributed by atoms with Gasteiger partial charge in [0.05, 0.1) is 13.2 Å². The fourth-order valence-corrected chi connectivity index (χ4v) is 2.29. The van der Waals surface area contributed by atoms with Gasteiger partial charge in [0, 0.05) is 6.07 Å². The van der Waals surface area contributed by atoms with Crippen LogP contribution in [0, 0.1) is 0 Å². The van der Waals surface area contributed by atoms with Crippen molar-refractivity contribution in [1.29, 1.82) is 0 Å². The maximum atomic E-state index is 12.4. The summed E-state index contributed by atoms with van der Waals surface area (Å²) in [6, 6.07) is 17.1. The zero-order valence-corrected chi connectivity index (χ0v) is 13.8. The van der Waals surface area contributed by atoms with Crippen LogP contribution in [0.4, 0.5) is 0 Å². The highest BCUT2D eigenvalue weighted by atomic mass is 16.5. The van der Waals surface area contributed by atoms with Crippen LogP contribution in [0.5, 0.6) is 11.5 Å². The number of hydrogen-bond donors (Lipinski definition) is 1. The van der Waals surface area contributed by atoms with Crippen LogP contribution in [-0.4, -0.2) is 19.1 Å². The van der Waals surface area contributed by atoms with Crippen molar-refractivity contribution in [2.45, 2.75) is 32.4 Å². The van der Waals surface area contributed by atoms with Crippen LogP contribution in [0.1, 0.15) is 31.9 Å². The summed E-state index contributed by atoms with van der Waals surface area (Å²) in [6.07, 6.45) is 0.0538. The number of benzene rings is 2. The zero-order chi connectivity index (χ0) is 16.7. The molecule has 0 aliphatic heterocycles. The quantitative estimate of drug-likeness (QED) is 0.847. The smallest absolute Gasteiger partial charge is 0.261 e. The third-order valence-electron chi connectivity index (χ3n) is 3.64. The summed E-state index contributed by atoms with van der Waals surface area (Å²) in [7, 11) is 1.60. The van der Waals surface area contributed by atoms with Crippen LogP contribution in [0.3, 0.4) is 0 Å². The molecule has 122 valence electrons. The topological polar surface area (TPSA) is 47.6 Å². The summed E-state index contributed by atoms with van der Waals surface area (Å²) >= 11 is 0. The van der Waals surface area contributed by atoms with E-state index in [1.54, 1.807) is 13.2 Å². The van der Waals surface area contributed by atoms with Gasteiger partial charge in [-0.25, -0.2) is 0 Å². The Kier molecular flexibility index (Phi) is 6.03. The minimum Gasteiger partial charge on any atom is -0.497 e. The van der Waals surface area contributed by atoms with E-state index in [2.05, 4.69) is 5.32 Å². The number of hydrogen-bond acceptors (Lipinski definition) is 3. The SMILES string of the molecule is CC[C@H](Oc1cccc(OC)c1)C(=O)N[C@H](C)c1ccccc1. The first kappa shape index (κ1) is 16.9. The molecule has 4 heteroatoms.